The van der Waals surface area contributed by atoms with E-state index in [4.69, 9.17) is 4.74 Å². The van der Waals surface area contributed by atoms with Crippen molar-refractivity contribution >= 4 is 5.91 Å². The van der Waals surface area contributed by atoms with Gasteiger partial charge in [0.2, 0.25) is 5.91 Å². The fraction of sp³-hybridized carbons (Fsp3) is 0.176. The first-order valence-electron chi connectivity index (χ1n) is 7.47. The molecule has 122 valence electrons. The molecule has 2 aromatic heterocycles. The molecule has 0 atom stereocenters. The maximum absolute atomic E-state index is 11.9. The number of benzene rings is 1. The van der Waals surface area contributed by atoms with E-state index >= 15 is 0 Å². The van der Waals surface area contributed by atoms with Gasteiger partial charge >= 0.3 is 0 Å². The third kappa shape index (κ3) is 3.95. The van der Waals surface area contributed by atoms with E-state index in [0.717, 1.165) is 17.1 Å². The summed E-state index contributed by atoms with van der Waals surface area (Å²) in [6.07, 6.45) is 3.68. The molecule has 7 heteroatoms. The molecule has 1 N–H and O–H groups in total. The molecule has 0 aliphatic carbocycles. The summed E-state index contributed by atoms with van der Waals surface area (Å²) in [6, 6.07) is 13.0. The van der Waals surface area contributed by atoms with Crippen molar-refractivity contribution < 1.29 is 9.53 Å². The maximum atomic E-state index is 11.9. The van der Waals surface area contributed by atoms with E-state index in [1.807, 2.05) is 42.5 Å². The minimum absolute atomic E-state index is 0.107. The van der Waals surface area contributed by atoms with Crippen molar-refractivity contribution in [3.05, 3.63) is 66.2 Å². The highest BCUT2D eigenvalue weighted by atomic mass is 16.5. The molecule has 24 heavy (non-hydrogen) atoms. The molecule has 0 saturated heterocycles. The Kier molecular flexibility index (Phi) is 4.81. The van der Waals surface area contributed by atoms with Crippen LogP contribution in [0.25, 0.3) is 5.69 Å². The summed E-state index contributed by atoms with van der Waals surface area (Å²) in [6.45, 7) is 0.315. The molecule has 0 saturated carbocycles. The first kappa shape index (κ1) is 15.7. The predicted molar refractivity (Wildman–Crippen MR) is 87.7 cm³/mol. The Morgan fingerprint density at radius 3 is 2.92 bits per heavy atom. The van der Waals surface area contributed by atoms with E-state index in [0.29, 0.717) is 12.2 Å². The van der Waals surface area contributed by atoms with E-state index in [1.165, 1.54) is 0 Å². The van der Waals surface area contributed by atoms with Crippen molar-refractivity contribution in [2.75, 3.05) is 7.11 Å². The average molecular weight is 323 g/mol. The Hall–Kier alpha value is -3.22. The van der Waals surface area contributed by atoms with Gasteiger partial charge in [-0.25, -0.2) is 4.68 Å². The number of methoxy groups -OCH3 is 1. The van der Waals surface area contributed by atoms with Crippen molar-refractivity contribution in [1.29, 1.82) is 0 Å². The summed E-state index contributed by atoms with van der Waals surface area (Å²) in [7, 11) is 1.61. The molecular weight excluding hydrogens is 306 g/mol. The zero-order valence-corrected chi connectivity index (χ0v) is 13.2. The standard InChI is InChI=1S/C17H17N5O2/c1-24-16-7-4-6-15(10-16)22-12-14(20-21-22)11-19-17(23)9-13-5-2-3-8-18-13/h2-8,10,12H,9,11H2,1H3,(H,19,23). The van der Waals surface area contributed by atoms with E-state index in [2.05, 4.69) is 20.6 Å². The monoisotopic (exact) mass is 323 g/mol. The van der Waals surface area contributed by atoms with E-state index in [9.17, 15) is 4.79 Å². The maximum Gasteiger partial charge on any atom is 0.226 e. The SMILES string of the molecule is COc1cccc(-n2cc(CNC(=O)Cc3ccccn3)nn2)c1. The molecule has 1 amide bonds. The van der Waals surface area contributed by atoms with Gasteiger partial charge in [-0.3, -0.25) is 9.78 Å². The molecule has 0 aliphatic rings. The van der Waals surface area contributed by atoms with Crippen LogP contribution in [0, 0.1) is 0 Å². The lowest BCUT2D eigenvalue weighted by Gasteiger charge is -2.03. The van der Waals surface area contributed by atoms with Gasteiger partial charge in [0.1, 0.15) is 11.4 Å². The molecule has 3 rings (SSSR count). The average Bonchev–Trinajstić information content (AvgIpc) is 3.10. The third-order valence-corrected chi connectivity index (χ3v) is 3.39. The second-order valence-electron chi connectivity index (χ2n) is 5.13. The molecule has 0 unspecified atom stereocenters. The summed E-state index contributed by atoms with van der Waals surface area (Å²) in [4.78, 5) is 16.1. The summed E-state index contributed by atoms with van der Waals surface area (Å²) in [5.74, 6) is 0.637. The van der Waals surface area contributed by atoms with Crippen LogP contribution in [0.3, 0.4) is 0 Å². The largest absolute Gasteiger partial charge is 0.497 e. The highest BCUT2D eigenvalue weighted by Gasteiger charge is 2.07. The minimum Gasteiger partial charge on any atom is -0.497 e. The smallest absolute Gasteiger partial charge is 0.226 e. The van der Waals surface area contributed by atoms with E-state index in [1.54, 1.807) is 24.2 Å². The van der Waals surface area contributed by atoms with Gasteiger partial charge in [-0.2, -0.15) is 0 Å². The van der Waals surface area contributed by atoms with Gasteiger partial charge in [0.15, 0.2) is 0 Å². The van der Waals surface area contributed by atoms with Crippen LogP contribution < -0.4 is 10.1 Å². The van der Waals surface area contributed by atoms with Gasteiger partial charge in [-0.1, -0.05) is 17.3 Å². The number of ether oxygens (including phenoxy) is 1. The van der Waals surface area contributed by atoms with Crippen LogP contribution in [0.4, 0.5) is 0 Å². The number of hydrogen-bond acceptors (Lipinski definition) is 5. The quantitative estimate of drug-likeness (QED) is 0.744. The normalized spacial score (nSPS) is 10.4. The van der Waals surface area contributed by atoms with Crippen LogP contribution in [0.2, 0.25) is 0 Å². The van der Waals surface area contributed by atoms with Gasteiger partial charge in [0.05, 0.1) is 32.0 Å². The van der Waals surface area contributed by atoms with Crippen LogP contribution in [0.1, 0.15) is 11.4 Å². The zero-order chi connectivity index (χ0) is 16.8. The highest BCUT2D eigenvalue weighted by Crippen LogP contribution is 2.15. The summed E-state index contributed by atoms with van der Waals surface area (Å²) < 4.78 is 6.84. The molecule has 0 bridgehead atoms. The van der Waals surface area contributed by atoms with Crippen LogP contribution in [-0.4, -0.2) is 33.0 Å². The van der Waals surface area contributed by atoms with Gasteiger partial charge in [-0.15, -0.1) is 5.10 Å². The number of rotatable bonds is 6. The van der Waals surface area contributed by atoms with Crippen LogP contribution >= 0.6 is 0 Å². The number of hydrogen-bond donors (Lipinski definition) is 1. The molecule has 3 aromatic rings. The van der Waals surface area contributed by atoms with Crippen molar-refractivity contribution in [3.63, 3.8) is 0 Å². The molecule has 0 radical (unpaired) electrons. The molecule has 0 fully saturated rings. The van der Waals surface area contributed by atoms with Crippen molar-refractivity contribution in [2.24, 2.45) is 0 Å². The van der Waals surface area contributed by atoms with Crippen molar-refractivity contribution in [3.8, 4) is 11.4 Å². The van der Waals surface area contributed by atoms with Gasteiger partial charge in [-0.05, 0) is 24.3 Å². The Bertz CT molecular complexity index is 817. The first-order chi connectivity index (χ1) is 11.7. The number of nitrogens with one attached hydrogen (secondary N) is 1. The number of carbonyl (C=O) groups is 1. The van der Waals surface area contributed by atoms with Gasteiger partial charge in [0, 0.05) is 18.0 Å². The van der Waals surface area contributed by atoms with E-state index in [-0.39, 0.29) is 12.3 Å². The lowest BCUT2D eigenvalue weighted by Crippen LogP contribution is -2.25. The topological polar surface area (TPSA) is 81.9 Å². The summed E-state index contributed by atoms with van der Waals surface area (Å²) >= 11 is 0. The fourth-order valence-electron chi connectivity index (χ4n) is 2.18. The second-order valence-corrected chi connectivity index (χ2v) is 5.13. The Balaban J connectivity index is 1.59. The third-order valence-electron chi connectivity index (χ3n) is 3.39. The molecular formula is C17H17N5O2. The highest BCUT2D eigenvalue weighted by molar-refractivity contribution is 5.77. The molecule has 0 aliphatic heterocycles. The first-order valence-corrected chi connectivity index (χ1v) is 7.47. The zero-order valence-electron chi connectivity index (χ0n) is 13.2. The van der Waals surface area contributed by atoms with Crippen molar-refractivity contribution in [2.45, 2.75) is 13.0 Å². The summed E-state index contributed by atoms with van der Waals surface area (Å²) in [5, 5.41) is 11.0. The fourth-order valence-corrected chi connectivity index (χ4v) is 2.18. The van der Waals surface area contributed by atoms with E-state index < -0.39 is 0 Å². The number of aromatic nitrogens is 4. The van der Waals surface area contributed by atoms with Crippen LogP contribution in [0.5, 0.6) is 5.75 Å². The Labute approximate surface area is 139 Å². The molecule has 7 nitrogen and oxygen atoms in total. The number of nitrogens with zero attached hydrogens (tertiary/aromatic N) is 4. The summed E-state index contributed by atoms with van der Waals surface area (Å²) in [5.41, 5.74) is 2.25. The Morgan fingerprint density at radius 2 is 2.12 bits per heavy atom. The van der Waals surface area contributed by atoms with Crippen molar-refractivity contribution in [1.82, 2.24) is 25.3 Å². The predicted octanol–water partition coefficient (Wildman–Crippen LogP) is 1.53. The van der Waals surface area contributed by atoms with Gasteiger partial charge in [0.25, 0.3) is 0 Å². The minimum atomic E-state index is -0.107. The lowest BCUT2D eigenvalue weighted by atomic mass is 10.2. The van der Waals surface area contributed by atoms with Crippen LogP contribution in [-0.2, 0) is 17.8 Å². The number of amides is 1. The lowest BCUT2D eigenvalue weighted by molar-refractivity contribution is -0.120. The second kappa shape index (κ2) is 7.36. The van der Waals surface area contributed by atoms with Gasteiger partial charge < -0.3 is 10.1 Å². The van der Waals surface area contributed by atoms with Crippen LogP contribution in [0.15, 0.2) is 54.9 Å². The molecule has 1 aromatic carbocycles. The molecule has 2 heterocycles. The Morgan fingerprint density at radius 1 is 1.21 bits per heavy atom. The molecule has 0 spiro atoms. The number of carbonyl (C=O) groups excluding carboxylic acids is 1. The number of pyridine rings is 1.